The standard InChI is InChI=1S/C17H19N3O5.CH3NO2/c1-8-13(22)12-11(14(23)15(8)25-5-3-4-18)9(7-21)17(24-2)16-10(19-16)6-20(12)17;2-1(3)4/h9-10,16,19,21H,3,5-7H2,1-2H3;2H2,(H,3,4). The molecule has 0 aromatic carbocycles. The van der Waals surface area contributed by atoms with Gasteiger partial charge in [0.15, 0.2) is 11.5 Å². The second-order valence-corrected chi connectivity index (χ2v) is 7.02. The molecule has 0 spiro atoms. The number of aliphatic hydroxyl groups is 1. The minimum absolute atomic E-state index is 0.0230. The number of fused-ring (bicyclic) bond motifs is 4. The SMILES string of the molecule is COC12C(CO)C3=C(C(=O)C(C)=C(OCCC#N)C3=O)N1CC1NC12.NC(=O)O. The Morgan fingerprint density at radius 1 is 1.45 bits per heavy atom. The van der Waals surface area contributed by atoms with Crippen LogP contribution in [0.1, 0.15) is 13.3 Å². The lowest BCUT2D eigenvalue weighted by molar-refractivity contribution is -0.137. The highest BCUT2D eigenvalue weighted by Gasteiger charge is 2.72. The summed E-state index contributed by atoms with van der Waals surface area (Å²) in [5, 5.41) is 29.2. The summed E-state index contributed by atoms with van der Waals surface area (Å²) in [6.07, 6.45) is -1.21. The van der Waals surface area contributed by atoms with Crippen molar-refractivity contribution < 1.29 is 34.1 Å². The van der Waals surface area contributed by atoms with E-state index in [1.165, 1.54) is 7.11 Å². The van der Waals surface area contributed by atoms with Gasteiger partial charge in [-0.3, -0.25) is 9.59 Å². The fourth-order valence-corrected chi connectivity index (χ4v) is 4.49. The van der Waals surface area contributed by atoms with Crippen molar-refractivity contribution in [2.75, 3.05) is 26.9 Å². The number of ether oxygens (including phenoxy) is 2. The Morgan fingerprint density at radius 2 is 2.10 bits per heavy atom. The molecular weight excluding hydrogens is 384 g/mol. The Balaban J connectivity index is 0.000000552. The molecule has 0 bridgehead atoms. The van der Waals surface area contributed by atoms with Crippen molar-refractivity contribution in [3.05, 3.63) is 22.6 Å². The van der Waals surface area contributed by atoms with Crippen LogP contribution in [0.3, 0.4) is 0 Å². The van der Waals surface area contributed by atoms with E-state index in [1.807, 2.05) is 11.0 Å². The summed E-state index contributed by atoms with van der Waals surface area (Å²) in [6, 6.07) is 2.11. The first kappa shape index (κ1) is 20.8. The molecule has 4 aliphatic rings. The summed E-state index contributed by atoms with van der Waals surface area (Å²) in [5.74, 6) is -1.32. The number of piperazine rings is 1. The number of allylic oxidation sites excluding steroid dienone is 2. The van der Waals surface area contributed by atoms with E-state index in [0.29, 0.717) is 12.2 Å². The van der Waals surface area contributed by atoms with Crippen LogP contribution < -0.4 is 11.1 Å². The normalized spacial score (nSPS) is 31.5. The van der Waals surface area contributed by atoms with E-state index in [-0.39, 0.29) is 54.4 Å². The lowest BCUT2D eigenvalue weighted by Gasteiger charge is -2.39. The first-order valence-corrected chi connectivity index (χ1v) is 8.98. The molecule has 0 saturated carbocycles. The molecule has 0 aromatic rings. The molecule has 5 N–H and O–H groups in total. The molecule has 1 aliphatic carbocycles. The smallest absolute Gasteiger partial charge is 0.402 e. The van der Waals surface area contributed by atoms with Gasteiger partial charge in [0.05, 0.1) is 36.8 Å². The molecule has 0 aromatic heterocycles. The highest BCUT2D eigenvalue weighted by Crippen LogP contribution is 2.55. The van der Waals surface area contributed by atoms with Crippen molar-refractivity contribution >= 4 is 17.7 Å². The van der Waals surface area contributed by atoms with Crippen LogP contribution in [-0.4, -0.2) is 77.4 Å². The van der Waals surface area contributed by atoms with Gasteiger partial charge in [-0.2, -0.15) is 5.26 Å². The Kier molecular flexibility index (Phi) is 5.36. The Labute approximate surface area is 166 Å². The number of nitrogens with zero attached hydrogens (tertiary/aromatic N) is 2. The maximum atomic E-state index is 13.0. The van der Waals surface area contributed by atoms with Crippen LogP contribution in [0.4, 0.5) is 4.79 Å². The maximum Gasteiger partial charge on any atom is 0.402 e. The summed E-state index contributed by atoms with van der Waals surface area (Å²) in [5.41, 5.74) is 3.93. The zero-order valence-corrected chi connectivity index (χ0v) is 16.0. The number of methoxy groups -OCH3 is 1. The number of hydrogen-bond donors (Lipinski definition) is 4. The number of nitrogens with two attached hydrogens (primary N) is 1. The third kappa shape index (κ3) is 2.96. The molecular formula is C18H22N4O7. The number of primary amides is 1. The van der Waals surface area contributed by atoms with Gasteiger partial charge in [0.2, 0.25) is 11.6 Å². The van der Waals surface area contributed by atoms with Gasteiger partial charge in [-0.1, -0.05) is 0 Å². The van der Waals surface area contributed by atoms with Crippen molar-refractivity contribution in [3.63, 3.8) is 0 Å². The third-order valence-electron chi connectivity index (χ3n) is 5.62. The van der Waals surface area contributed by atoms with Gasteiger partial charge in [-0.25, -0.2) is 4.79 Å². The van der Waals surface area contributed by atoms with Crippen molar-refractivity contribution in [1.82, 2.24) is 10.2 Å². The van der Waals surface area contributed by atoms with E-state index in [0.717, 1.165) is 0 Å². The number of carbonyl (C=O) groups excluding carboxylic acids is 2. The van der Waals surface area contributed by atoms with Gasteiger partial charge in [0.1, 0.15) is 6.61 Å². The molecule has 1 amide bonds. The van der Waals surface area contributed by atoms with Gasteiger partial charge in [-0.05, 0) is 6.92 Å². The van der Waals surface area contributed by atoms with Crippen LogP contribution in [0.25, 0.3) is 0 Å². The average Bonchev–Trinajstić information content (AvgIpc) is 3.28. The van der Waals surface area contributed by atoms with Gasteiger partial charge < -0.3 is 35.6 Å². The number of carboxylic acid groups (broad SMARTS) is 1. The number of nitriles is 1. The summed E-state index contributed by atoms with van der Waals surface area (Å²) >= 11 is 0. The molecule has 0 radical (unpaired) electrons. The molecule has 4 rings (SSSR count). The molecule has 2 saturated heterocycles. The van der Waals surface area contributed by atoms with E-state index in [9.17, 15) is 14.7 Å². The molecule has 156 valence electrons. The summed E-state index contributed by atoms with van der Waals surface area (Å²) in [6.45, 7) is 1.85. The predicted molar refractivity (Wildman–Crippen MR) is 95.9 cm³/mol. The molecule has 29 heavy (non-hydrogen) atoms. The molecule has 4 unspecified atom stereocenters. The molecule has 4 atom stereocenters. The minimum Gasteiger partial charge on any atom is -0.488 e. The van der Waals surface area contributed by atoms with Crippen molar-refractivity contribution in [2.24, 2.45) is 11.7 Å². The zero-order valence-electron chi connectivity index (χ0n) is 16.0. The Hall–Kier alpha value is -2.94. The highest BCUT2D eigenvalue weighted by molar-refractivity contribution is 6.25. The minimum atomic E-state index is -1.33. The number of carbonyl (C=O) groups is 3. The van der Waals surface area contributed by atoms with Gasteiger partial charge in [0, 0.05) is 30.8 Å². The zero-order chi connectivity index (χ0) is 21.5. The summed E-state index contributed by atoms with van der Waals surface area (Å²) < 4.78 is 11.2. The number of Topliss-reactive ketones (excluding diaryl/α,β-unsaturated/α-hetero) is 2. The lowest BCUT2D eigenvalue weighted by atomic mass is 9.83. The number of ketones is 2. The Morgan fingerprint density at radius 3 is 2.66 bits per heavy atom. The molecule has 3 aliphatic heterocycles. The van der Waals surface area contributed by atoms with Crippen LogP contribution in [0, 0.1) is 17.2 Å². The second kappa shape index (κ2) is 7.47. The van der Waals surface area contributed by atoms with Crippen LogP contribution in [0.2, 0.25) is 0 Å². The highest BCUT2D eigenvalue weighted by atomic mass is 16.5. The first-order chi connectivity index (χ1) is 13.8. The van der Waals surface area contributed by atoms with Crippen molar-refractivity contribution in [2.45, 2.75) is 31.2 Å². The van der Waals surface area contributed by atoms with E-state index in [2.05, 4.69) is 11.1 Å². The fourth-order valence-electron chi connectivity index (χ4n) is 4.49. The van der Waals surface area contributed by atoms with Gasteiger partial charge in [-0.15, -0.1) is 0 Å². The predicted octanol–water partition coefficient (Wildman–Crippen LogP) is -1.16. The van der Waals surface area contributed by atoms with E-state index >= 15 is 0 Å². The first-order valence-electron chi connectivity index (χ1n) is 8.98. The van der Waals surface area contributed by atoms with Gasteiger partial charge in [0.25, 0.3) is 0 Å². The van der Waals surface area contributed by atoms with Crippen molar-refractivity contribution in [1.29, 1.82) is 5.26 Å². The van der Waals surface area contributed by atoms with E-state index in [4.69, 9.17) is 24.6 Å². The van der Waals surface area contributed by atoms with E-state index < -0.39 is 23.5 Å². The fraction of sp³-hybridized carbons (Fsp3) is 0.556. The number of hydrogen-bond acceptors (Lipinski definition) is 9. The van der Waals surface area contributed by atoms with Crippen molar-refractivity contribution in [3.8, 4) is 6.07 Å². The van der Waals surface area contributed by atoms with Crippen LogP contribution >= 0.6 is 0 Å². The number of rotatable bonds is 5. The maximum absolute atomic E-state index is 13.0. The Bertz CT molecular complexity index is 870. The summed E-state index contributed by atoms with van der Waals surface area (Å²) in [4.78, 5) is 36.6. The topological polar surface area (TPSA) is 185 Å². The molecule has 3 heterocycles. The van der Waals surface area contributed by atoms with E-state index in [1.54, 1.807) is 6.92 Å². The molecule has 11 nitrogen and oxygen atoms in total. The van der Waals surface area contributed by atoms with Gasteiger partial charge >= 0.3 is 6.09 Å². The summed E-state index contributed by atoms with van der Waals surface area (Å²) in [7, 11) is 1.54. The molecule has 11 heteroatoms. The molecule has 2 fully saturated rings. The number of aliphatic hydroxyl groups excluding tert-OH is 1. The van der Waals surface area contributed by atoms with Crippen LogP contribution in [0.5, 0.6) is 0 Å². The van der Waals surface area contributed by atoms with Crippen LogP contribution in [-0.2, 0) is 19.1 Å². The average molecular weight is 406 g/mol. The third-order valence-corrected chi connectivity index (χ3v) is 5.62. The lowest BCUT2D eigenvalue weighted by Crippen LogP contribution is -2.54. The monoisotopic (exact) mass is 406 g/mol. The number of nitrogens with one attached hydrogen (secondary N) is 1. The second-order valence-electron chi connectivity index (χ2n) is 7.02. The largest absolute Gasteiger partial charge is 0.488 e. The van der Waals surface area contributed by atoms with Crippen LogP contribution in [0.15, 0.2) is 22.6 Å². The number of amides is 1. The quantitative estimate of drug-likeness (QED) is 0.246.